The van der Waals surface area contributed by atoms with E-state index in [1.54, 1.807) is 0 Å². The SMILES string of the molecule is CCCCCCCCCC(NC(C)C)(NC(C)C)NC(C)C. The summed E-state index contributed by atoms with van der Waals surface area (Å²) in [5.41, 5.74) is 0. The second-order valence-corrected chi connectivity index (χ2v) is 7.67. The molecule has 0 unspecified atom stereocenters. The van der Waals surface area contributed by atoms with Gasteiger partial charge in [-0.25, -0.2) is 0 Å². The summed E-state index contributed by atoms with van der Waals surface area (Å²) in [6.45, 7) is 15.6. The van der Waals surface area contributed by atoms with Crippen molar-refractivity contribution in [1.29, 1.82) is 0 Å². The van der Waals surface area contributed by atoms with Gasteiger partial charge in [0, 0.05) is 18.1 Å². The molecule has 0 atom stereocenters. The Bertz CT molecular complexity index is 223. The Balaban J connectivity index is 4.41. The van der Waals surface area contributed by atoms with E-state index in [1.807, 2.05) is 0 Å². The highest BCUT2D eigenvalue weighted by atomic mass is 15.4. The Morgan fingerprint density at radius 3 is 1.32 bits per heavy atom. The van der Waals surface area contributed by atoms with Gasteiger partial charge in [0.15, 0.2) is 0 Å². The van der Waals surface area contributed by atoms with E-state index in [4.69, 9.17) is 0 Å². The lowest BCUT2D eigenvalue weighted by Gasteiger charge is -2.42. The molecule has 0 heterocycles. The largest absolute Gasteiger partial charge is 0.285 e. The van der Waals surface area contributed by atoms with Crippen LogP contribution in [0.1, 0.15) is 99.8 Å². The summed E-state index contributed by atoms with van der Waals surface area (Å²) in [7, 11) is 0. The number of unbranched alkanes of at least 4 members (excludes halogenated alkanes) is 6. The molecule has 0 rings (SSSR count). The van der Waals surface area contributed by atoms with Gasteiger partial charge in [-0.05, 0) is 54.4 Å². The second kappa shape index (κ2) is 12.3. The van der Waals surface area contributed by atoms with Gasteiger partial charge in [0.25, 0.3) is 0 Å². The Morgan fingerprint density at radius 1 is 0.591 bits per heavy atom. The van der Waals surface area contributed by atoms with Crippen molar-refractivity contribution < 1.29 is 0 Å². The predicted molar refractivity (Wildman–Crippen MR) is 100 cm³/mol. The van der Waals surface area contributed by atoms with Crippen molar-refractivity contribution in [2.75, 3.05) is 0 Å². The maximum Gasteiger partial charge on any atom is 0.124 e. The van der Waals surface area contributed by atoms with E-state index in [2.05, 4.69) is 64.4 Å². The van der Waals surface area contributed by atoms with Crippen molar-refractivity contribution >= 4 is 0 Å². The highest BCUT2D eigenvalue weighted by Crippen LogP contribution is 2.15. The van der Waals surface area contributed by atoms with Crippen LogP contribution in [0.15, 0.2) is 0 Å². The molecule has 0 saturated heterocycles. The molecule has 0 aliphatic rings. The average molecular weight is 314 g/mol. The molecule has 0 aliphatic heterocycles. The number of rotatable bonds is 14. The first-order valence-electron chi connectivity index (χ1n) is 9.64. The van der Waals surface area contributed by atoms with E-state index >= 15 is 0 Å². The van der Waals surface area contributed by atoms with Crippen molar-refractivity contribution in [3.63, 3.8) is 0 Å². The molecule has 0 fully saturated rings. The van der Waals surface area contributed by atoms with Crippen molar-refractivity contribution in [2.45, 2.75) is 124 Å². The first-order chi connectivity index (χ1) is 10.3. The van der Waals surface area contributed by atoms with Crippen molar-refractivity contribution in [1.82, 2.24) is 16.0 Å². The summed E-state index contributed by atoms with van der Waals surface area (Å²) >= 11 is 0. The second-order valence-electron chi connectivity index (χ2n) is 7.67. The van der Waals surface area contributed by atoms with Crippen LogP contribution in [-0.2, 0) is 0 Å². The van der Waals surface area contributed by atoms with E-state index in [9.17, 15) is 0 Å². The topological polar surface area (TPSA) is 36.1 Å². The minimum atomic E-state index is -0.139. The number of hydrogen-bond donors (Lipinski definition) is 3. The van der Waals surface area contributed by atoms with E-state index < -0.39 is 0 Å². The Hall–Kier alpha value is -0.120. The number of hydrogen-bond acceptors (Lipinski definition) is 3. The monoisotopic (exact) mass is 313 g/mol. The van der Waals surface area contributed by atoms with E-state index in [0.717, 1.165) is 6.42 Å². The van der Waals surface area contributed by atoms with E-state index in [-0.39, 0.29) is 5.79 Å². The molecule has 0 spiro atoms. The standard InChI is InChI=1S/C19H43N3/c1-8-9-10-11-12-13-14-15-19(20-16(2)3,21-17(4)5)22-18(6)7/h16-18,20-22H,8-15H2,1-7H3. The molecule has 134 valence electrons. The van der Waals surface area contributed by atoms with Crippen LogP contribution in [0.4, 0.5) is 0 Å². The fraction of sp³-hybridized carbons (Fsp3) is 1.00. The molecule has 3 heteroatoms. The third kappa shape index (κ3) is 11.4. The molecule has 0 amide bonds. The fourth-order valence-corrected chi connectivity index (χ4v) is 3.17. The molecular weight excluding hydrogens is 270 g/mol. The zero-order valence-corrected chi connectivity index (χ0v) is 16.4. The van der Waals surface area contributed by atoms with Crippen LogP contribution in [0.5, 0.6) is 0 Å². The zero-order chi connectivity index (χ0) is 17.0. The van der Waals surface area contributed by atoms with Crippen LogP contribution in [0.3, 0.4) is 0 Å². The highest BCUT2D eigenvalue weighted by Gasteiger charge is 2.30. The van der Waals surface area contributed by atoms with Crippen LogP contribution in [0.2, 0.25) is 0 Å². The molecule has 22 heavy (non-hydrogen) atoms. The quantitative estimate of drug-likeness (QED) is 0.319. The molecule has 3 nitrogen and oxygen atoms in total. The first kappa shape index (κ1) is 21.9. The lowest BCUT2D eigenvalue weighted by atomic mass is 10.0. The van der Waals surface area contributed by atoms with Crippen LogP contribution < -0.4 is 16.0 Å². The van der Waals surface area contributed by atoms with Crippen molar-refractivity contribution in [3.8, 4) is 0 Å². The summed E-state index contributed by atoms with van der Waals surface area (Å²) in [6, 6.07) is 1.38. The van der Waals surface area contributed by atoms with Gasteiger partial charge >= 0.3 is 0 Å². The first-order valence-corrected chi connectivity index (χ1v) is 9.64. The zero-order valence-electron chi connectivity index (χ0n) is 16.4. The van der Waals surface area contributed by atoms with Gasteiger partial charge in [-0.15, -0.1) is 0 Å². The molecule has 0 aromatic rings. The lowest BCUT2D eigenvalue weighted by molar-refractivity contribution is 0.137. The molecule has 0 saturated carbocycles. The summed E-state index contributed by atoms with van der Waals surface area (Å²) in [5.74, 6) is -0.139. The normalized spacial score (nSPS) is 12.8. The maximum absolute atomic E-state index is 3.75. The van der Waals surface area contributed by atoms with Gasteiger partial charge in [0.05, 0.1) is 0 Å². The van der Waals surface area contributed by atoms with Gasteiger partial charge in [0.1, 0.15) is 5.79 Å². The molecule has 0 radical (unpaired) electrons. The fourth-order valence-electron chi connectivity index (χ4n) is 3.17. The van der Waals surface area contributed by atoms with Crippen molar-refractivity contribution in [2.24, 2.45) is 0 Å². The van der Waals surface area contributed by atoms with Gasteiger partial charge in [-0.3, -0.25) is 16.0 Å². The Labute approximate surface area is 140 Å². The lowest BCUT2D eigenvalue weighted by Crippen LogP contribution is -2.70. The summed E-state index contributed by atoms with van der Waals surface area (Å²) in [6.07, 6.45) is 10.6. The van der Waals surface area contributed by atoms with Crippen LogP contribution >= 0.6 is 0 Å². The Kier molecular flexibility index (Phi) is 12.3. The number of nitrogens with one attached hydrogen (secondary N) is 3. The van der Waals surface area contributed by atoms with Gasteiger partial charge in [-0.2, -0.15) is 0 Å². The van der Waals surface area contributed by atoms with Crippen LogP contribution in [0.25, 0.3) is 0 Å². The molecule has 0 aromatic carbocycles. The average Bonchev–Trinajstić information content (AvgIpc) is 2.35. The molecule has 0 bridgehead atoms. The summed E-state index contributed by atoms with van der Waals surface area (Å²) < 4.78 is 0. The smallest absolute Gasteiger partial charge is 0.124 e. The van der Waals surface area contributed by atoms with Crippen LogP contribution in [-0.4, -0.2) is 23.9 Å². The minimum absolute atomic E-state index is 0.139. The van der Waals surface area contributed by atoms with Gasteiger partial charge in [0.2, 0.25) is 0 Å². The van der Waals surface area contributed by atoms with Gasteiger partial charge < -0.3 is 0 Å². The van der Waals surface area contributed by atoms with Gasteiger partial charge in [-0.1, -0.05) is 45.4 Å². The van der Waals surface area contributed by atoms with Crippen molar-refractivity contribution in [3.05, 3.63) is 0 Å². The third-order valence-electron chi connectivity index (χ3n) is 3.76. The minimum Gasteiger partial charge on any atom is -0.285 e. The third-order valence-corrected chi connectivity index (χ3v) is 3.76. The van der Waals surface area contributed by atoms with Crippen LogP contribution in [0, 0.1) is 0 Å². The molecular formula is C19H43N3. The molecule has 0 aliphatic carbocycles. The van der Waals surface area contributed by atoms with E-state index in [1.165, 1.54) is 44.9 Å². The highest BCUT2D eigenvalue weighted by molar-refractivity contribution is 4.87. The summed E-state index contributed by atoms with van der Waals surface area (Å²) in [4.78, 5) is 0. The molecule has 3 N–H and O–H groups in total. The Morgan fingerprint density at radius 2 is 0.955 bits per heavy atom. The molecule has 0 aromatic heterocycles. The predicted octanol–water partition coefficient (Wildman–Crippen LogP) is 4.77. The van der Waals surface area contributed by atoms with E-state index in [0.29, 0.717) is 18.1 Å². The summed E-state index contributed by atoms with van der Waals surface area (Å²) in [5, 5.41) is 11.2. The maximum atomic E-state index is 3.75.